The van der Waals surface area contributed by atoms with Crippen LogP contribution >= 0.6 is 0 Å². The number of ether oxygens (including phenoxy) is 1. The summed E-state index contributed by atoms with van der Waals surface area (Å²) in [6, 6.07) is 8.38. The van der Waals surface area contributed by atoms with E-state index in [1.807, 2.05) is 29.2 Å². The van der Waals surface area contributed by atoms with E-state index in [2.05, 4.69) is 4.90 Å². The minimum absolute atomic E-state index is 0.106. The molecule has 0 N–H and O–H groups in total. The molecule has 1 aromatic rings. The maximum absolute atomic E-state index is 12.8. The number of hydrogen-bond donors (Lipinski definition) is 0. The number of nitrogens with zero attached hydrogens (tertiary/aromatic N) is 2. The molecule has 0 atom stereocenters. The van der Waals surface area contributed by atoms with Gasteiger partial charge in [0.2, 0.25) is 5.91 Å². The molecule has 140 valence electrons. The zero-order valence-electron chi connectivity index (χ0n) is 15.4. The van der Waals surface area contributed by atoms with Crippen molar-refractivity contribution in [2.75, 3.05) is 18.1 Å². The number of carbonyl (C=O) groups is 2. The highest BCUT2D eigenvalue weighted by atomic mass is 16.5. The van der Waals surface area contributed by atoms with Gasteiger partial charge in [0, 0.05) is 30.7 Å². The summed E-state index contributed by atoms with van der Waals surface area (Å²) in [5, 5.41) is 0. The summed E-state index contributed by atoms with van der Waals surface area (Å²) in [6.07, 6.45) is 9.88. The van der Waals surface area contributed by atoms with E-state index in [0.717, 1.165) is 44.3 Å². The van der Waals surface area contributed by atoms with E-state index in [1.165, 1.54) is 19.3 Å². The molecule has 2 amide bonds. The fourth-order valence-corrected chi connectivity index (χ4v) is 4.28. The molecule has 2 aliphatic carbocycles. The van der Waals surface area contributed by atoms with Gasteiger partial charge in [-0.05, 0) is 56.4 Å². The zero-order valence-corrected chi connectivity index (χ0v) is 15.4. The van der Waals surface area contributed by atoms with E-state index in [0.29, 0.717) is 24.3 Å². The Morgan fingerprint density at radius 2 is 1.69 bits per heavy atom. The SMILES string of the molecule is O=C1CCCN1c1ccc(OCC(=O)N(C2CCCCC2)C2CC2)cc1. The Morgan fingerprint density at radius 1 is 1.00 bits per heavy atom. The van der Waals surface area contributed by atoms with Crippen LogP contribution in [0.4, 0.5) is 5.69 Å². The van der Waals surface area contributed by atoms with Gasteiger partial charge in [-0.15, -0.1) is 0 Å². The van der Waals surface area contributed by atoms with Crippen molar-refractivity contribution in [1.29, 1.82) is 0 Å². The minimum Gasteiger partial charge on any atom is -0.484 e. The van der Waals surface area contributed by atoms with Gasteiger partial charge in [0.15, 0.2) is 6.61 Å². The minimum atomic E-state index is 0.106. The number of anilines is 1. The van der Waals surface area contributed by atoms with E-state index in [-0.39, 0.29) is 18.4 Å². The number of amides is 2. The van der Waals surface area contributed by atoms with Crippen LogP contribution in [0, 0.1) is 0 Å². The summed E-state index contributed by atoms with van der Waals surface area (Å²) in [5.74, 6) is 0.993. The number of hydrogen-bond acceptors (Lipinski definition) is 3. The highest BCUT2D eigenvalue weighted by Gasteiger charge is 2.37. The van der Waals surface area contributed by atoms with Crippen LogP contribution in [-0.2, 0) is 9.59 Å². The van der Waals surface area contributed by atoms with Gasteiger partial charge in [-0.2, -0.15) is 0 Å². The van der Waals surface area contributed by atoms with Gasteiger partial charge in [0.1, 0.15) is 5.75 Å². The summed E-state index contributed by atoms with van der Waals surface area (Å²) in [6.45, 7) is 0.893. The first-order valence-corrected chi connectivity index (χ1v) is 10.1. The molecule has 2 saturated carbocycles. The number of benzene rings is 1. The molecular weight excluding hydrogens is 328 g/mol. The third-order valence-corrected chi connectivity index (χ3v) is 5.78. The van der Waals surface area contributed by atoms with Gasteiger partial charge in [-0.1, -0.05) is 19.3 Å². The molecule has 1 saturated heterocycles. The molecular formula is C21H28N2O3. The van der Waals surface area contributed by atoms with E-state index >= 15 is 0 Å². The van der Waals surface area contributed by atoms with Crippen LogP contribution in [-0.4, -0.2) is 41.9 Å². The lowest BCUT2D eigenvalue weighted by Gasteiger charge is -2.34. The maximum Gasteiger partial charge on any atom is 0.261 e. The van der Waals surface area contributed by atoms with Gasteiger partial charge < -0.3 is 14.5 Å². The van der Waals surface area contributed by atoms with E-state index in [1.54, 1.807) is 0 Å². The normalized spacial score (nSPS) is 21.1. The summed E-state index contributed by atoms with van der Waals surface area (Å²) >= 11 is 0. The van der Waals surface area contributed by atoms with Crippen molar-refractivity contribution in [1.82, 2.24) is 4.90 Å². The predicted molar refractivity (Wildman–Crippen MR) is 100 cm³/mol. The van der Waals surface area contributed by atoms with Crippen LogP contribution in [0.1, 0.15) is 57.8 Å². The average molecular weight is 356 g/mol. The highest BCUT2D eigenvalue weighted by molar-refractivity contribution is 5.95. The van der Waals surface area contributed by atoms with Crippen LogP contribution in [0.3, 0.4) is 0 Å². The third kappa shape index (κ3) is 3.87. The van der Waals surface area contributed by atoms with E-state index in [4.69, 9.17) is 4.74 Å². The Morgan fingerprint density at radius 3 is 2.31 bits per heavy atom. The zero-order chi connectivity index (χ0) is 17.9. The van der Waals surface area contributed by atoms with Crippen molar-refractivity contribution in [3.05, 3.63) is 24.3 Å². The molecule has 5 heteroatoms. The van der Waals surface area contributed by atoms with Crippen LogP contribution in [0.15, 0.2) is 24.3 Å². The Kier molecular flexibility index (Phi) is 5.14. The largest absolute Gasteiger partial charge is 0.484 e. The molecule has 0 aromatic heterocycles. The predicted octanol–water partition coefficient (Wildman–Crippen LogP) is 3.52. The monoisotopic (exact) mass is 356 g/mol. The molecule has 5 nitrogen and oxygen atoms in total. The fourth-order valence-electron chi connectivity index (χ4n) is 4.28. The Hall–Kier alpha value is -2.04. The first-order chi connectivity index (χ1) is 12.7. The van der Waals surface area contributed by atoms with Crippen LogP contribution < -0.4 is 9.64 Å². The summed E-state index contributed by atoms with van der Waals surface area (Å²) in [4.78, 5) is 28.5. The van der Waals surface area contributed by atoms with Crippen molar-refractivity contribution in [2.24, 2.45) is 0 Å². The topological polar surface area (TPSA) is 49.9 Å². The first kappa shape index (κ1) is 17.4. The molecule has 3 aliphatic rings. The lowest BCUT2D eigenvalue weighted by atomic mass is 9.94. The third-order valence-electron chi connectivity index (χ3n) is 5.78. The highest BCUT2D eigenvalue weighted by Crippen LogP contribution is 2.34. The van der Waals surface area contributed by atoms with Gasteiger partial charge >= 0.3 is 0 Å². The van der Waals surface area contributed by atoms with E-state index in [9.17, 15) is 9.59 Å². The lowest BCUT2D eigenvalue weighted by Crippen LogP contribution is -2.45. The maximum atomic E-state index is 12.8. The molecule has 4 rings (SSSR count). The summed E-state index contributed by atoms with van der Waals surface area (Å²) < 4.78 is 5.77. The molecule has 26 heavy (non-hydrogen) atoms. The van der Waals surface area contributed by atoms with Crippen molar-refractivity contribution < 1.29 is 14.3 Å². The van der Waals surface area contributed by atoms with Crippen molar-refractivity contribution >= 4 is 17.5 Å². The molecule has 0 radical (unpaired) electrons. The molecule has 1 aromatic carbocycles. The van der Waals surface area contributed by atoms with Gasteiger partial charge in [-0.25, -0.2) is 0 Å². The van der Waals surface area contributed by atoms with Gasteiger partial charge in [-0.3, -0.25) is 9.59 Å². The Labute approximate surface area is 155 Å². The molecule has 0 unspecified atom stereocenters. The molecule has 0 spiro atoms. The standard InChI is InChI=1S/C21H28N2O3/c24-20-7-4-14-22(20)16-10-12-19(13-11-16)26-15-21(25)23(18-8-9-18)17-5-2-1-3-6-17/h10-13,17-18H,1-9,14-15H2. The van der Waals surface area contributed by atoms with Crippen LogP contribution in [0.25, 0.3) is 0 Å². The fraction of sp³-hybridized carbons (Fsp3) is 0.619. The van der Waals surface area contributed by atoms with Crippen molar-refractivity contribution in [2.45, 2.75) is 69.9 Å². The quantitative estimate of drug-likeness (QED) is 0.784. The molecule has 3 fully saturated rings. The van der Waals surface area contributed by atoms with Gasteiger partial charge in [0.05, 0.1) is 0 Å². The summed E-state index contributed by atoms with van der Waals surface area (Å²) in [5.41, 5.74) is 0.910. The second-order valence-electron chi connectivity index (χ2n) is 7.76. The van der Waals surface area contributed by atoms with Gasteiger partial charge in [0.25, 0.3) is 5.91 Å². The first-order valence-electron chi connectivity index (χ1n) is 10.1. The number of carbonyl (C=O) groups excluding carboxylic acids is 2. The lowest BCUT2D eigenvalue weighted by molar-refractivity contribution is -0.137. The van der Waals surface area contributed by atoms with E-state index < -0.39 is 0 Å². The van der Waals surface area contributed by atoms with Crippen LogP contribution in [0.5, 0.6) is 5.75 Å². The van der Waals surface area contributed by atoms with Crippen molar-refractivity contribution in [3.63, 3.8) is 0 Å². The molecule has 0 bridgehead atoms. The summed E-state index contributed by atoms with van der Waals surface area (Å²) in [7, 11) is 0. The van der Waals surface area contributed by atoms with Crippen LogP contribution in [0.2, 0.25) is 0 Å². The Bertz CT molecular complexity index is 648. The molecule has 1 aliphatic heterocycles. The van der Waals surface area contributed by atoms with Crippen molar-refractivity contribution in [3.8, 4) is 5.75 Å². The Balaban J connectivity index is 1.33. The second kappa shape index (κ2) is 7.68. The molecule has 1 heterocycles. The number of rotatable bonds is 6. The smallest absolute Gasteiger partial charge is 0.261 e. The second-order valence-corrected chi connectivity index (χ2v) is 7.76. The average Bonchev–Trinajstić information content (AvgIpc) is 3.41.